The van der Waals surface area contributed by atoms with E-state index in [0.29, 0.717) is 11.3 Å². The second kappa shape index (κ2) is 7.99. The summed E-state index contributed by atoms with van der Waals surface area (Å²) in [5.74, 6) is 1.44. The molecular formula is C16H24F2N4O. The van der Waals surface area contributed by atoms with Crippen molar-refractivity contribution < 1.29 is 13.6 Å². The number of alkyl halides is 2. The fourth-order valence-electron chi connectivity index (χ4n) is 2.07. The van der Waals surface area contributed by atoms with Crippen LogP contribution in [0.3, 0.4) is 0 Å². The molecule has 1 aromatic rings. The lowest BCUT2D eigenvalue weighted by Crippen LogP contribution is -2.40. The number of amides is 1. The maximum atomic E-state index is 12.0. The zero-order valence-corrected chi connectivity index (χ0v) is 13.9. The van der Waals surface area contributed by atoms with E-state index in [2.05, 4.69) is 29.1 Å². The Labute approximate surface area is 135 Å². The van der Waals surface area contributed by atoms with E-state index in [0.717, 1.165) is 24.2 Å². The molecule has 0 unspecified atom stereocenters. The number of H-pyrrole nitrogens is 1. The Bertz CT molecular complexity index is 574. The third-order valence-corrected chi connectivity index (χ3v) is 3.76. The second-order valence-electron chi connectivity index (χ2n) is 6.22. The van der Waals surface area contributed by atoms with Crippen LogP contribution in [0.2, 0.25) is 0 Å². The molecule has 0 bridgehead atoms. The average Bonchev–Trinajstić information content (AvgIpc) is 3.22. The van der Waals surface area contributed by atoms with E-state index in [4.69, 9.17) is 5.41 Å². The molecular weight excluding hydrogens is 302 g/mol. The molecule has 1 heterocycles. The second-order valence-corrected chi connectivity index (χ2v) is 6.22. The van der Waals surface area contributed by atoms with Crippen LogP contribution in [0.4, 0.5) is 8.78 Å². The van der Waals surface area contributed by atoms with E-state index >= 15 is 0 Å². The van der Waals surface area contributed by atoms with Crippen molar-refractivity contribution in [3.05, 3.63) is 23.8 Å². The standard InChI is InChI=1S/C9H11F2N3.C7H13NO/c1-5(3-7(12)9(10)11)8-4-13-6(2)14-8;1-7(2,8-5-9)6-3-4-6/h3-4,9,12H,1-2H3,(H,13,14);5-6H,3-4H2,1-2H3,(H,8,9)/b5-3-,12-7?;. The number of rotatable bonds is 6. The van der Waals surface area contributed by atoms with Crippen LogP contribution in [0.15, 0.2) is 12.3 Å². The van der Waals surface area contributed by atoms with Crippen LogP contribution in [0.1, 0.15) is 45.1 Å². The van der Waals surface area contributed by atoms with Crippen LogP contribution in [-0.2, 0) is 4.79 Å². The van der Waals surface area contributed by atoms with Crippen LogP contribution in [0.5, 0.6) is 0 Å². The predicted molar refractivity (Wildman–Crippen MR) is 86.7 cm³/mol. The number of carbonyl (C=O) groups excluding carboxylic acids is 1. The molecule has 1 saturated carbocycles. The van der Waals surface area contributed by atoms with E-state index < -0.39 is 12.1 Å². The van der Waals surface area contributed by atoms with Crippen molar-refractivity contribution in [2.45, 2.75) is 52.5 Å². The summed E-state index contributed by atoms with van der Waals surface area (Å²) in [5.41, 5.74) is 0.598. The minimum atomic E-state index is -2.73. The molecule has 0 spiro atoms. The molecule has 0 atom stereocenters. The quantitative estimate of drug-likeness (QED) is 0.553. The lowest BCUT2D eigenvalue weighted by Gasteiger charge is -2.22. The van der Waals surface area contributed by atoms with Gasteiger partial charge in [0.25, 0.3) is 6.43 Å². The van der Waals surface area contributed by atoms with Gasteiger partial charge in [-0.25, -0.2) is 13.8 Å². The number of halogens is 2. The fraction of sp³-hybridized carbons (Fsp3) is 0.562. The first-order valence-corrected chi connectivity index (χ1v) is 7.45. The van der Waals surface area contributed by atoms with Crippen molar-refractivity contribution in [3.63, 3.8) is 0 Å². The van der Waals surface area contributed by atoms with Gasteiger partial charge in [0, 0.05) is 5.54 Å². The maximum Gasteiger partial charge on any atom is 0.279 e. The first-order valence-electron chi connectivity index (χ1n) is 7.45. The van der Waals surface area contributed by atoms with Gasteiger partial charge in [0.2, 0.25) is 6.41 Å². The van der Waals surface area contributed by atoms with Crippen LogP contribution in [0, 0.1) is 18.3 Å². The molecule has 0 aromatic carbocycles. The number of hydrogen-bond acceptors (Lipinski definition) is 3. The normalized spacial score (nSPS) is 15.0. The number of hydrogen-bond donors (Lipinski definition) is 3. The molecule has 1 fully saturated rings. The molecule has 3 N–H and O–H groups in total. The number of carbonyl (C=O) groups is 1. The van der Waals surface area contributed by atoms with Gasteiger partial charge in [-0.3, -0.25) is 10.2 Å². The minimum Gasteiger partial charge on any atom is -0.354 e. The SMILES string of the molecule is C/C(=C/C(=N)C(F)F)c1cnc(C)[nH]1.CC(C)(NC=O)C1CC1. The Morgan fingerprint density at radius 2 is 2.13 bits per heavy atom. The molecule has 23 heavy (non-hydrogen) atoms. The molecule has 0 saturated heterocycles. The summed E-state index contributed by atoms with van der Waals surface area (Å²) in [7, 11) is 0. The Hall–Kier alpha value is -2.05. The van der Waals surface area contributed by atoms with Crippen LogP contribution in [0.25, 0.3) is 5.57 Å². The zero-order chi connectivity index (χ0) is 17.6. The van der Waals surface area contributed by atoms with Gasteiger partial charge in [-0.05, 0) is 58.1 Å². The number of imidazole rings is 1. The third-order valence-electron chi connectivity index (χ3n) is 3.76. The van der Waals surface area contributed by atoms with E-state index in [9.17, 15) is 13.6 Å². The highest BCUT2D eigenvalue weighted by molar-refractivity contribution is 6.00. The number of aromatic amines is 1. The van der Waals surface area contributed by atoms with Crippen LogP contribution >= 0.6 is 0 Å². The van der Waals surface area contributed by atoms with Crippen LogP contribution in [-0.4, -0.2) is 34.1 Å². The van der Waals surface area contributed by atoms with Crippen molar-refractivity contribution >= 4 is 17.7 Å². The Morgan fingerprint density at radius 3 is 2.52 bits per heavy atom. The van der Waals surface area contributed by atoms with E-state index in [-0.39, 0.29) is 5.54 Å². The summed E-state index contributed by atoms with van der Waals surface area (Å²) in [6.07, 6.45) is 3.30. The Balaban J connectivity index is 0.000000253. The van der Waals surface area contributed by atoms with Gasteiger partial charge in [-0.2, -0.15) is 0 Å². The molecule has 1 aromatic heterocycles. The predicted octanol–water partition coefficient (Wildman–Crippen LogP) is 3.33. The molecule has 1 amide bonds. The largest absolute Gasteiger partial charge is 0.354 e. The van der Waals surface area contributed by atoms with E-state index in [1.54, 1.807) is 20.0 Å². The molecule has 0 radical (unpaired) electrons. The van der Waals surface area contributed by atoms with Crippen molar-refractivity contribution in [2.24, 2.45) is 5.92 Å². The van der Waals surface area contributed by atoms with Crippen molar-refractivity contribution in [3.8, 4) is 0 Å². The summed E-state index contributed by atoms with van der Waals surface area (Å²) < 4.78 is 24.0. The van der Waals surface area contributed by atoms with E-state index in [1.165, 1.54) is 12.8 Å². The highest BCUT2D eigenvalue weighted by atomic mass is 19.3. The van der Waals surface area contributed by atoms with E-state index in [1.807, 2.05) is 0 Å². The smallest absolute Gasteiger partial charge is 0.279 e. The number of allylic oxidation sites excluding steroid dienone is 2. The first kappa shape index (κ1) is 19.0. The first-order chi connectivity index (χ1) is 10.7. The Morgan fingerprint density at radius 1 is 1.52 bits per heavy atom. The van der Waals surface area contributed by atoms with Crippen molar-refractivity contribution in [2.75, 3.05) is 0 Å². The highest BCUT2D eigenvalue weighted by Gasteiger charge is 2.37. The van der Waals surface area contributed by atoms with Gasteiger partial charge >= 0.3 is 0 Å². The molecule has 1 aliphatic carbocycles. The van der Waals surface area contributed by atoms with Gasteiger partial charge in [0.1, 0.15) is 5.82 Å². The fourth-order valence-corrected chi connectivity index (χ4v) is 2.07. The molecule has 7 heteroatoms. The third kappa shape index (κ3) is 6.30. The maximum absolute atomic E-state index is 12.0. The molecule has 1 aliphatic rings. The summed E-state index contributed by atoms with van der Waals surface area (Å²) in [4.78, 5) is 16.9. The lowest BCUT2D eigenvalue weighted by molar-refractivity contribution is -0.111. The van der Waals surface area contributed by atoms with Crippen molar-refractivity contribution in [1.29, 1.82) is 5.41 Å². The number of aryl methyl sites for hydroxylation is 1. The number of aromatic nitrogens is 2. The number of nitrogens with zero attached hydrogens (tertiary/aromatic N) is 1. The highest BCUT2D eigenvalue weighted by Crippen LogP contribution is 2.38. The minimum absolute atomic E-state index is 0.0434. The summed E-state index contributed by atoms with van der Waals surface area (Å²) in [5, 5.41) is 9.77. The monoisotopic (exact) mass is 326 g/mol. The molecule has 2 rings (SSSR count). The summed E-state index contributed by atoms with van der Waals surface area (Å²) >= 11 is 0. The molecule has 128 valence electrons. The topological polar surface area (TPSA) is 81.6 Å². The lowest BCUT2D eigenvalue weighted by atomic mass is 10.00. The molecule has 5 nitrogen and oxygen atoms in total. The molecule has 0 aliphatic heterocycles. The number of nitrogens with one attached hydrogen (secondary N) is 3. The zero-order valence-electron chi connectivity index (χ0n) is 13.9. The average molecular weight is 326 g/mol. The summed E-state index contributed by atoms with van der Waals surface area (Å²) in [6.45, 7) is 7.57. The van der Waals surface area contributed by atoms with Crippen LogP contribution < -0.4 is 5.32 Å². The van der Waals surface area contributed by atoms with Gasteiger partial charge in [-0.1, -0.05) is 0 Å². The van der Waals surface area contributed by atoms with Gasteiger partial charge in [0.05, 0.1) is 17.6 Å². The Kier molecular flexibility index (Phi) is 6.60. The van der Waals surface area contributed by atoms with Gasteiger partial charge in [0.15, 0.2) is 0 Å². The van der Waals surface area contributed by atoms with Crippen molar-refractivity contribution in [1.82, 2.24) is 15.3 Å². The van der Waals surface area contributed by atoms with Gasteiger partial charge < -0.3 is 10.3 Å². The summed E-state index contributed by atoms with van der Waals surface area (Å²) in [6, 6.07) is 0. The van der Waals surface area contributed by atoms with Gasteiger partial charge in [-0.15, -0.1) is 0 Å².